The molecule has 0 fully saturated rings. The molecule has 1 aliphatic rings. The minimum atomic E-state index is -1.37. The SMILES string of the molecule is CCN1c2ccc(F)cc2C[C@@H]1COc1cc(F)c(C(=O)Nc2ccc(Cl)c(C(C)(C)C(=O)O)c2)c(F)c1. The van der Waals surface area contributed by atoms with E-state index in [-0.39, 0.29) is 40.5 Å². The van der Waals surface area contributed by atoms with Crippen molar-refractivity contribution >= 4 is 34.9 Å². The number of hydrogen-bond donors (Lipinski definition) is 2. The molecule has 0 saturated carbocycles. The van der Waals surface area contributed by atoms with Gasteiger partial charge in [-0.2, -0.15) is 0 Å². The molecule has 1 amide bonds. The van der Waals surface area contributed by atoms with Crippen molar-refractivity contribution in [2.75, 3.05) is 23.4 Å². The maximum absolute atomic E-state index is 14.9. The molecular formula is C28H26ClF3N2O4. The molecule has 0 aromatic heterocycles. The van der Waals surface area contributed by atoms with Crippen molar-refractivity contribution in [2.24, 2.45) is 0 Å². The van der Waals surface area contributed by atoms with Crippen LogP contribution in [0.1, 0.15) is 42.3 Å². The second-order valence-corrected chi connectivity index (χ2v) is 9.98. The fourth-order valence-electron chi connectivity index (χ4n) is 4.57. The maximum Gasteiger partial charge on any atom is 0.313 e. The number of benzene rings is 3. The maximum atomic E-state index is 14.9. The smallest absolute Gasteiger partial charge is 0.313 e. The Kier molecular flexibility index (Phi) is 7.60. The third kappa shape index (κ3) is 5.29. The lowest BCUT2D eigenvalue weighted by molar-refractivity contribution is -0.142. The number of carbonyl (C=O) groups excluding carboxylic acids is 1. The third-order valence-electron chi connectivity index (χ3n) is 6.71. The van der Waals surface area contributed by atoms with Gasteiger partial charge in [0.15, 0.2) is 0 Å². The van der Waals surface area contributed by atoms with E-state index in [1.807, 2.05) is 11.8 Å². The van der Waals surface area contributed by atoms with Crippen LogP contribution >= 0.6 is 11.6 Å². The summed E-state index contributed by atoms with van der Waals surface area (Å²) in [6.45, 7) is 5.58. The zero-order valence-electron chi connectivity index (χ0n) is 20.9. The molecule has 0 aliphatic carbocycles. The van der Waals surface area contributed by atoms with E-state index in [1.54, 1.807) is 6.07 Å². The molecule has 2 N–H and O–H groups in total. The topological polar surface area (TPSA) is 78.9 Å². The molecule has 3 aromatic carbocycles. The molecule has 1 atom stereocenters. The van der Waals surface area contributed by atoms with Crippen molar-refractivity contribution in [3.8, 4) is 5.75 Å². The van der Waals surface area contributed by atoms with E-state index in [0.29, 0.717) is 13.0 Å². The van der Waals surface area contributed by atoms with Crippen LogP contribution in [0.2, 0.25) is 5.02 Å². The van der Waals surface area contributed by atoms with Crippen molar-refractivity contribution in [2.45, 2.75) is 38.6 Å². The Labute approximate surface area is 223 Å². The quantitative estimate of drug-likeness (QED) is 0.352. The number of amides is 1. The van der Waals surface area contributed by atoms with Gasteiger partial charge >= 0.3 is 5.97 Å². The first-order valence-electron chi connectivity index (χ1n) is 11.9. The standard InChI is InChI=1S/C28H26ClF3N2O4/c1-4-34-18(10-15-9-16(30)5-8-24(15)34)14-38-19-12-22(31)25(23(32)13-19)26(35)33-17-6-7-21(29)20(11-17)28(2,3)27(36)37/h5-9,11-13,18H,4,10,14H2,1-3H3,(H,33,35)(H,36,37)/t18-/m1/s1. The summed E-state index contributed by atoms with van der Waals surface area (Å²) >= 11 is 6.14. The van der Waals surface area contributed by atoms with Crippen molar-refractivity contribution in [1.82, 2.24) is 0 Å². The molecule has 1 aliphatic heterocycles. The van der Waals surface area contributed by atoms with Crippen molar-refractivity contribution in [1.29, 1.82) is 0 Å². The van der Waals surface area contributed by atoms with E-state index in [2.05, 4.69) is 5.32 Å². The number of nitrogens with one attached hydrogen (secondary N) is 1. The van der Waals surface area contributed by atoms with Crippen LogP contribution in [0.15, 0.2) is 48.5 Å². The first-order chi connectivity index (χ1) is 17.9. The van der Waals surface area contributed by atoms with E-state index < -0.39 is 34.5 Å². The van der Waals surface area contributed by atoms with Crippen LogP contribution in [0, 0.1) is 17.5 Å². The van der Waals surface area contributed by atoms with Gasteiger partial charge in [-0.15, -0.1) is 0 Å². The van der Waals surface area contributed by atoms with Gasteiger partial charge in [0.25, 0.3) is 5.91 Å². The third-order valence-corrected chi connectivity index (χ3v) is 7.03. The van der Waals surface area contributed by atoms with Gasteiger partial charge in [0.05, 0.1) is 11.5 Å². The number of aliphatic carboxylic acids is 1. The van der Waals surface area contributed by atoms with Crippen LogP contribution in [0.25, 0.3) is 0 Å². The van der Waals surface area contributed by atoms with Crippen molar-refractivity contribution in [3.05, 3.63) is 87.7 Å². The summed E-state index contributed by atoms with van der Waals surface area (Å²) < 4.78 is 49.0. The summed E-state index contributed by atoms with van der Waals surface area (Å²) in [5, 5.41) is 12.1. The molecule has 4 rings (SSSR count). The van der Waals surface area contributed by atoms with Crippen LogP contribution in [0.5, 0.6) is 5.75 Å². The van der Waals surface area contributed by atoms with Crippen LogP contribution in [0.3, 0.4) is 0 Å². The summed E-state index contributed by atoms with van der Waals surface area (Å²) in [5.74, 6) is -4.86. The van der Waals surface area contributed by atoms with Gasteiger partial charge in [-0.05, 0) is 74.7 Å². The fraction of sp³-hybridized carbons (Fsp3) is 0.286. The minimum absolute atomic E-state index is 0.0910. The number of nitrogens with zero attached hydrogens (tertiary/aromatic N) is 1. The van der Waals surface area contributed by atoms with Gasteiger partial charge in [0.2, 0.25) is 0 Å². The van der Waals surface area contributed by atoms with Gasteiger partial charge in [0, 0.05) is 35.1 Å². The van der Waals surface area contributed by atoms with Crippen molar-refractivity contribution in [3.63, 3.8) is 0 Å². The second-order valence-electron chi connectivity index (χ2n) is 9.57. The fourth-order valence-corrected chi connectivity index (χ4v) is 4.92. The number of carboxylic acids is 1. The molecule has 10 heteroatoms. The number of ether oxygens (including phenoxy) is 1. The number of hydrogen-bond acceptors (Lipinski definition) is 4. The molecular weight excluding hydrogens is 521 g/mol. The predicted molar refractivity (Wildman–Crippen MR) is 139 cm³/mol. The Hall–Kier alpha value is -3.72. The lowest BCUT2D eigenvalue weighted by Crippen LogP contribution is -2.36. The molecule has 3 aromatic rings. The Morgan fingerprint density at radius 3 is 2.42 bits per heavy atom. The predicted octanol–water partition coefficient (Wildman–Crippen LogP) is 6.20. The van der Waals surface area contributed by atoms with Crippen LogP contribution in [-0.2, 0) is 16.6 Å². The highest BCUT2D eigenvalue weighted by Crippen LogP contribution is 2.34. The number of fused-ring (bicyclic) bond motifs is 1. The molecule has 0 bridgehead atoms. The summed E-state index contributed by atoms with van der Waals surface area (Å²) in [4.78, 5) is 26.4. The largest absolute Gasteiger partial charge is 0.491 e. The molecule has 0 unspecified atom stereocenters. The highest BCUT2D eigenvalue weighted by molar-refractivity contribution is 6.32. The lowest BCUT2D eigenvalue weighted by Gasteiger charge is -2.26. The molecule has 0 spiro atoms. The Bertz CT molecular complexity index is 1390. The van der Waals surface area contributed by atoms with Gasteiger partial charge in [0.1, 0.15) is 35.4 Å². The minimum Gasteiger partial charge on any atom is -0.491 e. The van der Waals surface area contributed by atoms with Gasteiger partial charge in [-0.3, -0.25) is 9.59 Å². The van der Waals surface area contributed by atoms with E-state index >= 15 is 0 Å². The Morgan fingerprint density at radius 2 is 1.79 bits per heavy atom. The van der Waals surface area contributed by atoms with Gasteiger partial charge < -0.3 is 20.1 Å². The zero-order chi connectivity index (χ0) is 27.8. The van der Waals surface area contributed by atoms with Crippen LogP contribution in [0.4, 0.5) is 24.5 Å². The van der Waals surface area contributed by atoms with E-state index in [4.69, 9.17) is 16.3 Å². The number of rotatable bonds is 8. The average Bonchev–Trinajstić information content (AvgIpc) is 3.19. The van der Waals surface area contributed by atoms with Crippen molar-refractivity contribution < 1.29 is 32.6 Å². The number of halogens is 4. The molecule has 0 radical (unpaired) electrons. The molecule has 38 heavy (non-hydrogen) atoms. The monoisotopic (exact) mass is 546 g/mol. The molecule has 1 heterocycles. The Balaban J connectivity index is 1.48. The van der Waals surface area contributed by atoms with E-state index in [9.17, 15) is 27.9 Å². The van der Waals surface area contributed by atoms with E-state index in [0.717, 1.165) is 23.4 Å². The average molecular weight is 547 g/mol. The number of carboxylic acid groups (broad SMARTS) is 1. The number of carbonyl (C=O) groups is 2. The second kappa shape index (κ2) is 10.6. The summed E-state index contributed by atoms with van der Waals surface area (Å²) in [7, 11) is 0. The van der Waals surface area contributed by atoms with Crippen LogP contribution < -0.4 is 15.0 Å². The van der Waals surface area contributed by atoms with Crippen LogP contribution in [-0.4, -0.2) is 36.2 Å². The normalized spacial score (nSPS) is 14.8. The summed E-state index contributed by atoms with van der Waals surface area (Å²) in [6, 6.07) is 10.4. The van der Waals surface area contributed by atoms with E-state index in [1.165, 1.54) is 44.2 Å². The molecule has 0 saturated heterocycles. The van der Waals surface area contributed by atoms with Gasteiger partial charge in [-0.25, -0.2) is 13.2 Å². The number of likely N-dealkylation sites (N-methyl/N-ethyl adjacent to an activating group) is 1. The summed E-state index contributed by atoms with van der Waals surface area (Å²) in [5.41, 5.74) is -0.0989. The first kappa shape index (κ1) is 27.3. The molecule has 200 valence electrons. The zero-order valence-corrected chi connectivity index (χ0v) is 21.7. The number of anilines is 2. The summed E-state index contributed by atoms with van der Waals surface area (Å²) in [6.07, 6.45) is 0.522. The Morgan fingerprint density at radius 1 is 1.11 bits per heavy atom. The first-order valence-corrected chi connectivity index (χ1v) is 12.3. The lowest BCUT2D eigenvalue weighted by atomic mass is 9.84. The highest BCUT2D eigenvalue weighted by Gasteiger charge is 2.32. The highest BCUT2D eigenvalue weighted by atomic mass is 35.5. The van der Waals surface area contributed by atoms with Gasteiger partial charge in [-0.1, -0.05) is 11.6 Å². The molecule has 6 nitrogen and oxygen atoms in total.